The number of thioether (sulfide) groups is 1. The molecular weight excluding hydrogens is 394 g/mol. The minimum atomic E-state index is -4.40. The summed E-state index contributed by atoms with van der Waals surface area (Å²) < 4.78 is 57.5. The Balaban J connectivity index is 0.00000190. The van der Waals surface area contributed by atoms with Crippen LogP contribution < -0.4 is 0 Å². The number of hydrogen-bond acceptors (Lipinski definition) is 3. The first-order valence-corrected chi connectivity index (χ1v) is 10.3. The molecule has 3 nitrogen and oxygen atoms in total. The van der Waals surface area contributed by atoms with E-state index in [2.05, 4.69) is 0 Å². The number of amides is 1. The van der Waals surface area contributed by atoms with Gasteiger partial charge >= 0.3 is 12.3 Å². The lowest BCUT2D eigenvalue weighted by Crippen LogP contribution is -2.42. The van der Waals surface area contributed by atoms with Crippen LogP contribution in [0, 0.1) is 5.92 Å². The lowest BCUT2D eigenvalue weighted by molar-refractivity contribution is -0.137. The van der Waals surface area contributed by atoms with E-state index >= 15 is 0 Å². The maximum Gasteiger partial charge on any atom is 0.416 e. The molecule has 28 heavy (non-hydrogen) atoms. The van der Waals surface area contributed by atoms with Crippen LogP contribution in [0.4, 0.5) is 22.4 Å². The molecule has 8 heteroatoms. The summed E-state index contributed by atoms with van der Waals surface area (Å²) in [5.41, 5.74) is -2.55. The molecule has 1 aromatic carbocycles. The molecule has 1 aromatic rings. The average Bonchev–Trinajstić information content (AvgIpc) is 2.62. The number of likely N-dealkylation sites (tertiary alicyclic amines) is 1. The molecule has 0 aliphatic carbocycles. The van der Waals surface area contributed by atoms with Gasteiger partial charge in [-0.2, -0.15) is 13.2 Å². The Bertz CT molecular complexity index is 606. The summed E-state index contributed by atoms with van der Waals surface area (Å²) in [7, 11) is 0. The van der Waals surface area contributed by atoms with Crippen molar-refractivity contribution in [3.63, 3.8) is 0 Å². The number of piperidine rings is 1. The van der Waals surface area contributed by atoms with Gasteiger partial charge in [-0.1, -0.05) is 25.6 Å². The molecule has 160 valence electrons. The van der Waals surface area contributed by atoms with Gasteiger partial charge in [0.25, 0.3) is 0 Å². The second-order valence-electron chi connectivity index (χ2n) is 7.30. The molecule has 1 fully saturated rings. The molecule has 1 saturated heterocycles. The maximum absolute atomic E-state index is 14.5. The van der Waals surface area contributed by atoms with Crippen LogP contribution in [0.2, 0.25) is 0 Å². The zero-order chi connectivity index (χ0) is 21.5. The summed E-state index contributed by atoms with van der Waals surface area (Å²) in [6, 6.07) is 4.49. The average molecular weight is 424 g/mol. The molecule has 1 aliphatic rings. The van der Waals surface area contributed by atoms with Crippen molar-refractivity contribution in [2.75, 3.05) is 13.1 Å². The van der Waals surface area contributed by atoms with Gasteiger partial charge < -0.3 is 9.64 Å². The molecule has 1 unspecified atom stereocenters. The molecule has 1 heterocycles. The number of nitrogens with zero attached hydrogens (tertiary/aromatic N) is 1. The Morgan fingerprint density at radius 2 is 1.61 bits per heavy atom. The van der Waals surface area contributed by atoms with Crippen molar-refractivity contribution in [3.05, 3.63) is 29.8 Å². The van der Waals surface area contributed by atoms with Crippen LogP contribution in [0.3, 0.4) is 0 Å². The molecule has 0 bridgehead atoms. The standard InChI is InChI=1S/C18H23F4NO2S.C2H6/c1-17(2,3)25-16(24)23-10-8-12(9-11-23)15(19)26-14-6-4-13(5-7-14)18(20,21)22;1-2/h4-7,12,15H,8-11H2,1-3H3;1-2H3. The number of carbonyl (C=O) groups is 1. The predicted octanol–water partition coefficient (Wildman–Crippen LogP) is 6.77. The lowest BCUT2D eigenvalue weighted by atomic mass is 9.98. The number of halogens is 4. The zero-order valence-electron chi connectivity index (χ0n) is 17.0. The molecule has 0 aromatic heterocycles. The van der Waals surface area contributed by atoms with Crippen LogP contribution in [0.5, 0.6) is 0 Å². The van der Waals surface area contributed by atoms with Gasteiger partial charge in [-0.3, -0.25) is 0 Å². The normalized spacial score (nSPS) is 16.8. The van der Waals surface area contributed by atoms with E-state index in [4.69, 9.17) is 4.74 Å². The van der Waals surface area contributed by atoms with E-state index in [9.17, 15) is 22.4 Å². The van der Waals surface area contributed by atoms with Gasteiger partial charge in [-0.05, 0) is 57.9 Å². The van der Waals surface area contributed by atoms with Crippen LogP contribution in [0.25, 0.3) is 0 Å². The Morgan fingerprint density at radius 1 is 1.11 bits per heavy atom. The monoisotopic (exact) mass is 423 g/mol. The third-order valence-corrected chi connectivity index (χ3v) is 5.15. The second kappa shape index (κ2) is 10.4. The number of hydrogen-bond donors (Lipinski definition) is 0. The smallest absolute Gasteiger partial charge is 0.416 e. The fraction of sp³-hybridized carbons (Fsp3) is 0.650. The van der Waals surface area contributed by atoms with Crippen molar-refractivity contribution in [3.8, 4) is 0 Å². The van der Waals surface area contributed by atoms with E-state index in [0.717, 1.165) is 23.9 Å². The number of carbonyl (C=O) groups excluding carboxylic acids is 1. The van der Waals surface area contributed by atoms with E-state index < -0.39 is 28.9 Å². The van der Waals surface area contributed by atoms with Crippen LogP contribution in [0.15, 0.2) is 29.2 Å². The quantitative estimate of drug-likeness (QED) is 0.397. The van der Waals surface area contributed by atoms with Gasteiger partial charge in [0, 0.05) is 23.9 Å². The molecule has 1 amide bonds. The highest BCUT2D eigenvalue weighted by molar-refractivity contribution is 7.99. The zero-order valence-corrected chi connectivity index (χ0v) is 17.8. The number of benzene rings is 1. The molecule has 1 aliphatic heterocycles. The van der Waals surface area contributed by atoms with Crippen molar-refractivity contribution < 1.29 is 27.1 Å². The van der Waals surface area contributed by atoms with E-state index in [0.29, 0.717) is 30.8 Å². The third kappa shape index (κ3) is 7.89. The van der Waals surface area contributed by atoms with E-state index in [1.54, 1.807) is 25.7 Å². The Kier molecular flexibility index (Phi) is 9.11. The van der Waals surface area contributed by atoms with Crippen molar-refractivity contribution in [2.24, 2.45) is 5.92 Å². The topological polar surface area (TPSA) is 29.5 Å². The molecule has 2 rings (SSSR count). The number of ether oxygens (including phenoxy) is 1. The SMILES string of the molecule is CC.CC(C)(C)OC(=O)N1CCC(C(F)Sc2ccc(C(F)(F)F)cc2)CC1. The van der Waals surface area contributed by atoms with E-state index in [1.807, 2.05) is 13.8 Å². The van der Waals surface area contributed by atoms with Crippen LogP contribution in [0.1, 0.15) is 53.0 Å². The summed E-state index contributed by atoms with van der Waals surface area (Å²) >= 11 is 0.920. The first kappa shape index (κ1) is 24.6. The highest BCUT2D eigenvalue weighted by Crippen LogP contribution is 2.36. The minimum absolute atomic E-state index is 0.249. The fourth-order valence-corrected chi connectivity index (χ4v) is 3.64. The minimum Gasteiger partial charge on any atom is -0.444 e. The summed E-state index contributed by atoms with van der Waals surface area (Å²) in [5, 5.41) is 0. The first-order chi connectivity index (χ1) is 13.0. The Labute approximate surface area is 168 Å². The molecular formula is C20H29F4NO2S. The van der Waals surface area contributed by atoms with Gasteiger partial charge in [0.15, 0.2) is 5.50 Å². The highest BCUT2D eigenvalue weighted by atomic mass is 32.2. The van der Waals surface area contributed by atoms with E-state index in [1.165, 1.54) is 12.1 Å². The van der Waals surface area contributed by atoms with Gasteiger partial charge in [0.2, 0.25) is 0 Å². The van der Waals surface area contributed by atoms with Crippen LogP contribution in [-0.4, -0.2) is 35.2 Å². The molecule has 1 atom stereocenters. The van der Waals surface area contributed by atoms with Crippen molar-refractivity contribution in [2.45, 2.75) is 69.6 Å². The van der Waals surface area contributed by atoms with Gasteiger partial charge in [0.1, 0.15) is 5.60 Å². The van der Waals surface area contributed by atoms with Crippen LogP contribution in [-0.2, 0) is 10.9 Å². The summed E-state index contributed by atoms with van der Waals surface area (Å²) in [6.45, 7) is 10.2. The van der Waals surface area contributed by atoms with Crippen molar-refractivity contribution >= 4 is 17.9 Å². The second-order valence-corrected chi connectivity index (χ2v) is 8.45. The van der Waals surface area contributed by atoms with Gasteiger partial charge in [-0.15, -0.1) is 0 Å². The van der Waals surface area contributed by atoms with Gasteiger partial charge in [-0.25, -0.2) is 9.18 Å². The highest BCUT2D eigenvalue weighted by Gasteiger charge is 2.32. The number of rotatable bonds is 3. The third-order valence-electron chi connectivity index (χ3n) is 3.99. The largest absolute Gasteiger partial charge is 0.444 e. The number of alkyl halides is 4. The Morgan fingerprint density at radius 3 is 2.04 bits per heavy atom. The lowest BCUT2D eigenvalue weighted by Gasteiger charge is -2.34. The summed E-state index contributed by atoms with van der Waals surface area (Å²) in [5.74, 6) is -0.249. The van der Waals surface area contributed by atoms with Gasteiger partial charge in [0.05, 0.1) is 5.56 Å². The van der Waals surface area contributed by atoms with Crippen molar-refractivity contribution in [1.29, 1.82) is 0 Å². The molecule has 0 radical (unpaired) electrons. The van der Waals surface area contributed by atoms with Crippen molar-refractivity contribution in [1.82, 2.24) is 4.90 Å². The fourth-order valence-electron chi connectivity index (χ4n) is 2.62. The summed E-state index contributed by atoms with van der Waals surface area (Å²) in [4.78, 5) is 14.0. The molecule has 0 N–H and O–H groups in total. The first-order valence-electron chi connectivity index (χ1n) is 9.41. The predicted molar refractivity (Wildman–Crippen MR) is 104 cm³/mol. The maximum atomic E-state index is 14.5. The molecule has 0 spiro atoms. The Hall–Kier alpha value is -1.44. The van der Waals surface area contributed by atoms with E-state index in [-0.39, 0.29) is 5.92 Å². The summed E-state index contributed by atoms with van der Waals surface area (Å²) in [6.07, 6.45) is -3.81. The molecule has 0 saturated carbocycles. The van der Waals surface area contributed by atoms with Crippen LogP contribution >= 0.6 is 11.8 Å².